The summed E-state index contributed by atoms with van der Waals surface area (Å²) in [5, 5.41) is 12.2. The van der Waals surface area contributed by atoms with E-state index in [0.29, 0.717) is 18.4 Å². The van der Waals surface area contributed by atoms with E-state index in [1.165, 1.54) is 0 Å². The summed E-state index contributed by atoms with van der Waals surface area (Å²) in [6.07, 6.45) is 0.942. The standard InChI is InChI=1S/C15H31N3O2/c1-12(2)14(18-9-7-17(4)8-10-18)11-16-13(3)5-6-15(19)20/h12-14,16H,5-11H2,1-4H3,(H,19,20). The first-order valence-corrected chi connectivity index (χ1v) is 7.78. The van der Waals surface area contributed by atoms with Crippen molar-refractivity contribution in [3.8, 4) is 0 Å². The molecule has 0 aromatic heterocycles. The summed E-state index contributed by atoms with van der Waals surface area (Å²) in [6, 6.07) is 0.802. The van der Waals surface area contributed by atoms with Gasteiger partial charge in [-0.05, 0) is 26.3 Å². The van der Waals surface area contributed by atoms with Gasteiger partial charge in [0.15, 0.2) is 0 Å². The molecule has 2 N–H and O–H groups in total. The van der Waals surface area contributed by atoms with Crippen molar-refractivity contribution in [2.24, 2.45) is 5.92 Å². The molecule has 5 nitrogen and oxygen atoms in total. The highest BCUT2D eigenvalue weighted by Gasteiger charge is 2.25. The summed E-state index contributed by atoms with van der Waals surface area (Å²) in [4.78, 5) is 15.5. The average Bonchev–Trinajstić information content (AvgIpc) is 2.38. The number of carboxylic acid groups (broad SMARTS) is 1. The van der Waals surface area contributed by atoms with Crippen molar-refractivity contribution in [1.29, 1.82) is 0 Å². The first-order chi connectivity index (χ1) is 9.40. The molecular formula is C15H31N3O2. The maximum absolute atomic E-state index is 10.6. The molecule has 1 heterocycles. The molecule has 0 amide bonds. The number of piperazine rings is 1. The van der Waals surface area contributed by atoms with Gasteiger partial charge < -0.3 is 15.3 Å². The van der Waals surface area contributed by atoms with E-state index in [1.54, 1.807) is 0 Å². The fraction of sp³-hybridized carbons (Fsp3) is 0.933. The zero-order valence-corrected chi connectivity index (χ0v) is 13.4. The van der Waals surface area contributed by atoms with Crippen LogP contribution in [0.4, 0.5) is 0 Å². The summed E-state index contributed by atoms with van der Waals surface area (Å²) in [7, 11) is 2.17. The lowest BCUT2D eigenvalue weighted by molar-refractivity contribution is -0.137. The Bertz CT molecular complexity index is 289. The Hall–Kier alpha value is -0.650. The normalized spacial score (nSPS) is 21.1. The molecule has 0 aromatic rings. The summed E-state index contributed by atoms with van der Waals surface area (Å²) < 4.78 is 0. The number of rotatable bonds is 8. The van der Waals surface area contributed by atoms with E-state index in [4.69, 9.17) is 5.11 Å². The van der Waals surface area contributed by atoms with E-state index in [-0.39, 0.29) is 12.5 Å². The van der Waals surface area contributed by atoms with Crippen LogP contribution in [0.2, 0.25) is 0 Å². The predicted octanol–water partition coefficient (Wildman–Crippen LogP) is 1.10. The molecule has 2 unspecified atom stereocenters. The van der Waals surface area contributed by atoms with Crippen molar-refractivity contribution in [3.05, 3.63) is 0 Å². The van der Waals surface area contributed by atoms with Gasteiger partial charge in [-0.15, -0.1) is 0 Å². The molecule has 2 atom stereocenters. The van der Waals surface area contributed by atoms with Crippen LogP contribution in [0.15, 0.2) is 0 Å². The zero-order chi connectivity index (χ0) is 15.1. The Kier molecular flexibility index (Phi) is 7.48. The third kappa shape index (κ3) is 6.20. The molecule has 1 aliphatic heterocycles. The molecule has 1 rings (SSSR count). The van der Waals surface area contributed by atoms with Crippen LogP contribution in [-0.4, -0.2) is 72.7 Å². The maximum atomic E-state index is 10.6. The first kappa shape index (κ1) is 17.4. The molecule has 1 aliphatic rings. The van der Waals surface area contributed by atoms with Crippen molar-refractivity contribution in [2.75, 3.05) is 39.8 Å². The SMILES string of the molecule is CC(CCC(=O)O)NCC(C(C)C)N1CCN(C)CC1. The van der Waals surface area contributed by atoms with Crippen LogP contribution in [0.3, 0.4) is 0 Å². The summed E-state index contributed by atoms with van der Waals surface area (Å²) >= 11 is 0. The number of likely N-dealkylation sites (N-methyl/N-ethyl adjacent to an activating group) is 1. The lowest BCUT2D eigenvalue weighted by Gasteiger charge is -2.40. The Balaban J connectivity index is 2.37. The van der Waals surface area contributed by atoms with Crippen LogP contribution >= 0.6 is 0 Å². The van der Waals surface area contributed by atoms with Gasteiger partial charge in [-0.25, -0.2) is 0 Å². The molecular weight excluding hydrogens is 254 g/mol. The number of carbonyl (C=O) groups is 1. The van der Waals surface area contributed by atoms with Crippen molar-refractivity contribution in [3.63, 3.8) is 0 Å². The molecule has 118 valence electrons. The van der Waals surface area contributed by atoms with E-state index >= 15 is 0 Å². The van der Waals surface area contributed by atoms with E-state index < -0.39 is 5.97 Å². The maximum Gasteiger partial charge on any atom is 0.303 e. The fourth-order valence-electron chi connectivity index (χ4n) is 2.70. The second kappa shape index (κ2) is 8.60. The molecule has 0 aromatic carbocycles. The summed E-state index contributed by atoms with van der Waals surface area (Å²) in [5.41, 5.74) is 0. The minimum absolute atomic E-state index is 0.245. The van der Waals surface area contributed by atoms with Crippen molar-refractivity contribution < 1.29 is 9.90 Å². The summed E-state index contributed by atoms with van der Waals surface area (Å²) in [6.45, 7) is 12.1. The number of nitrogens with one attached hydrogen (secondary N) is 1. The van der Waals surface area contributed by atoms with Crippen molar-refractivity contribution >= 4 is 5.97 Å². The van der Waals surface area contributed by atoms with Gasteiger partial charge in [0, 0.05) is 51.2 Å². The van der Waals surface area contributed by atoms with E-state index in [9.17, 15) is 4.79 Å². The highest BCUT2D eigenvalue weighted by Crippen LogP contribution is 2.13. The predicted molar refractivity (Wildman–Crippen MR) is 82.0 cm³/mol. The van der Waals surface area contributed by atoms with E-state index in [0.717, 1.165) is 32.7 Å². The molecule has 0 spiro atoms. The lowest BCUT2D eigenvalue weighted by Crippen LogP contribution is -2.54. The topological polar surface area (TPSA) is 55.8 Å². The molecule has 1 fully saturated rings. The summed E-state index contributed by atoms with van der Waals surface area (Å²) in [5.74, 6) is -0.101. The molecule has 1 saturated heterocycles. The van der Waals surface area contributed by atoms with Gasteiger partial charge in [-0.2, -0.15) is 0 Å². The van der Waals surface area contributed by atoms with Crippen LogP contribution in [0.25, 0.3) is 0 Å². The lowest BCUT2D eigenvalue weighted by atomic mass is 10.0. The number of hydrogen-bond acceptors (Lipinski definition) is 4. The van der Waals surface area contributed by atoms with Gasteiger partial charge in [0.25, 0.3) is 0 Å². The molecule has 0 saturated carbocycles. The van der Waals surface area contributed by atoms with Crippen LogP contribution in [0.5, 0.6) is 0 Å². The molecule has 0 radical (unpaired) electrons. The molecule has 20 heavy (non-hydrogen) atoms. The Labute approximate surface area is 123 Å². The van der Waals surface area contributed by atoms with Crippen molar-refractivity contribution in [2.45, 2.75) is 45.7 Å². The number of nitrogens with zero attached hydrogens (tertiary/aromatic N) is 2. The fourth-order valence-corrected chi connectivity index (χ4v) is 2.70. The van der Waals surface area contributed by atoms with Crippen LogP contribution < -0.4 is 5.32 Å². The number of aliphatic carboxylic acids is 1. The molecule has 0 aliphatic carbocycles. The average molecular weight is 285 g/mol. The Morgan fingerprint density at radius 3 is 2.30 bits per heavy atom. The second-order valence-electron chi connectivity index (χ2n) is 6.39. The van der Waals surface area contributed by atoms with Gasteiger partial charge >= 0.3 is 5.97 Å². The zero-order valence-electron chi connectivity index (χ0n) is 13.4. The second-order valence-corrected chi connectivity index (χ2v) is 6.39. The largest absolute Gasteiger partial charge is 0.481 e. The quantitative estimate of drug-likeness (QED) is 0.699. The third-order valence-electron chi connectivity index (χ3n) is 4.24. The van der Waals surface area contributed by atoms with E-state index in [1.807, 2.05) is 0 Å². The van der Waals surface area contributed by atoms with Gasteiger partial charge in [-0.3, -0.25) is 9.69 Å². The Morgan fingerprint density at radius 2 is 1.80 bits per heavy atom. The van der Waals surface area contributed by atoms with Gasteiger partial charge in [0.1, 0.15) is 0 Å². The smallest absolute Gasteiger partial charge is 0.303 e. The number of hydrogen-bond donors (Lipinski definition) is 2. The van der Waals surface area contributed by atoms with E-state index in [2.05, 4.69) is 42.9 Å². The first-order valence-electron chi connectivity index (χ1n) is 7.78. The van der Waals surface area contributed by atoms with Crippen molar-refractivity contribution in [1.82, 2.24) is 15.1 Å². The van der Waals surface area contributed by atoms with Crippen LogP contribution in [0.1, 0.15) is 33.6 Å². The van der Waals surface area contributed by atoms with Gasteiger partial charge in [0.05, 0.1) is 0 Å². The van der Waals surface area contributed by atoms with Crippen LogP contribution in [0, 0.1) is 5.92 Å². The molecule has 0 bridgehead atoms. The van der Waals surface area contributed by atoms with Gasteiger partial charge in [-0.1, -0.05) is 13.8 Å². The monoisotopic (exact) mass is 285 g/mol. The Morgan fingerprint density at radius 1 is 1.20 bits per heavy atom. The highest BCUT2D eigenvalue weighted by molar-refractivity contribution is 5.66. The highest BCUT2D eigenvalue weighted by atomic mass is 16.4. The van der Waals surface area contributed by atoms with Crippen LogP contribution in [-0.2, 0) is 4.79 Å². The minimum atomic E-state index is -0.710. The molecule has 5 heteroatoms. The number of carboxylic acids is 1. The van der Waals surface area contributed by atoms with Gasteiger partial charge in [0.2, 0.25) is 0 Å². The minimum Gasteiger partial charge on any atom is -0.481 e. The third-order valence-corrected chi connectivity index (χ3v) is 4.24.